The Morgan fingerprint density at radius 3 is 3.12 bits per heavy atom. The number of fused-ring (bicyclic) bond motifs is 1. The normalized spacial score (nSPS) is 10.6. The monoisotopic (exact) mass is 242 g/mol. The van der Waals surface area contributed by atoms with Gasteiger partial charge in [0.2, 0.25) is 5.58 Å². The average molecular weight is 243 g/mol. The molecule has 0 atom stereocenters. The first-order valence-corrected chi connectivity index (χ1v) is 4.87. The predicted octanol–water partition coefficient (Wildman–Crippen LogP) is 1.29. The van der Waals surface area contributed by atoms with Crippen LogP contribution in [0.15, 0.2) is 16.7 Å². The molecule has 0 spiro atoms. The van der Waals surface area contributed by atoms with Crippen molar-refractivity contribution in [1.82, 2.24) is 5.16 Å². The molecule has 0 saturated heterocycles. The Morgan fingerprint density at radius 2 is 2.44 bits per heavy atom. The van der Waals surface area contributed by atoms with E-state index in [4.69, 9.17) is 20.9 Å². The zero-order valence-electron chi connectivity index (χ0n) is 8.27. The first-order chi connectivity index (χ1) is 7.65. The maximum atomic E-state index is 11.6. The van der Waals surface area contributed by atoms with Gasteiger partial charge in [0.15, 0.2) is 0 Å². The van der Waals surface area contributed by atoms with E-state index in [0.29, 0.717) is 4.73 Å². The number of pyridine rings is 1. The van der Waals surface area contributed by atoms with Crippen molar-refractivity contribution in [3.63, 3.8) is 0 Å². The SMILES string of the molecule is CCOC(=O)c1noc2ccc(Cl)[n+]([O-])c12. The standard InChI is InChI=1S/C9H7ClN2O4/c1-2-15-9(13)7-8-5(16-11-7)3-4-6(10)12(8)14/h3-4H,2H2,1H3. The molecule has 2 aromatic heterocycles. The number of nitrogens with zero attached hydrogens (tertiary/aromatic N) is 2. The summed E-state index contributed by atoms with van der Waals surface area (Å²) in [5.74, 6) is -0.715. The number of carbonyl (C=O) groups excluding carboxylic acids is 1. The van der Waals surface area contributed by atoms with Crippen molar-refractivity contribution in [2.45, 2.75) is 6.92 Å². The zero-order chi connectivity index (χ0) is 11.7. The predicted molar refractivity (Wildman–Crippen MR) is 53.9 cm³/mol. The molecule has 0 N–H and O–H groups in total. The van der Waals surface area contributed by atoms with Gasteiger partial charge in [-0.15, -0.1) is 4.73 Å². The number of rotatable bonds is 2. The number of ether oxygens (including phenoxy) is 1. The Hall–Kier alpha value is -1.82. The number of hydrogen-bond acceptors (Lipinski definition) is 5. The van der Waals surface area contributed by atoms with Crippen LogP contribution in [0.1, 0.15) is 17.4 Å². The molecule has 0 aliphatic rings. The molecule has 0 saturated carbocycles. The number of hydrogen-bond donors (Lipinski definition) is 0. The summed E-state index contributed by atoms with van der Waals surface area (Å²) >= 11 is 5.63. The van der Waals surface area contributed by atoms with Gasteiger partial charge in [0.25, 0.3) is 10.8 Å². The van der Waals surface area contributed by atoms with Gasteiger partial charge in [0.1, 0.15) is 0 Å². The summed E-state index contributed by atoms with van der Waals surface area (Å²) in [5.41, 5.74) is -0.0113. The summed E-state index contributed by atoms with van der Waals surface area (Å²) in [6.45, 7) is 1.84. The van der Waals surface area contributed by atoms with Crippen LogP contribution in [0.25, 0.3) is 11.1 Å². The van der Waals surface area contributed by atoms with Gasteiger partial charge >= 0.3 is 11.5 Å². The Labute approximate surface area is 94.9 Å². The minimum absolute atomic E-state index is 0.0223. The van der Waals surface area contributed by atoms with Crippen LogP contribution in [0.2, 0.25) is 5.15 Å². The van der Waals surface area contributed by atoms with E-state index in [9.17, 15) is 10.0 Å². The van der Waals surface area contributed by atoms with Crippen molar-refractivity contribution in [3.8, 4) is 0 Å². The molecule has 0 bridgehead atoms. The van der Waals surface area contributed by atoms with Crippen molar-refractivity contribution < 1.29 is 18.8 Å². The van der Waals surface area contributed by atoms with E-state index in [1.807, 2.05) is 0 Å². The second kappa shape index (κ2) is 3.97. The third-order valence-electron chi connectivity index (χ3n) is 1.93. The Morgan fingerprint density at radius 1 is 1.69 bits per heavy atom. The van der Waals surface area contributed by atoms with Crippen LogP contribution in [0.4, 0.5) is 0 Å². The summed E-state index contributed by atoms with van der Waals surface area (Å²) in [5, 5.41) is 15.0. The van der Waals surface area contributed by atoms with Crippen LogP contribution < -0.4 is 4.73 Å². The summed E-state index contributed by atoms with van der Waals surface area (Å²) in [6, 6.07) is 2.82. The second-order valence-electron chi connectivity index (χ2n) is 2.91. The van der Waals surface area contributed by atoms with Crippen LogP contribution in [0.3, 0.4) is 0 Å². The maximum absolute atomic E-state index is 11.6. The minimum atomic E-state index is -0.715. The molecule has 2 aromatic rings. The maximum Gasteiger partial charge on any atom is 0.367 e. The van der Waals surface area contributed by atoms with Crippen LogP contribution in [0, 0.1) is 5.21 Å². The van der Waals surface area contributed by atoms with Crippen molar-refractivity contribution in [2.75, 3.05) is 6.61 Å². The fraction of sp³-hybridized carbons (Fsp3) is 0.222. The molecule has 0 fully saturated rings. The van der Waals surface area contributed by atoms with Gasteiger partial charge in [-0.1, -0.05) is 5.16 Å². The number of carbonyl (C=O) groups is 1. The fourth-order valence-corrected chi connectivity index (χ4v) is 1.40. The molecular formula is C9H7ClN2O4. The molecule has 2 heterocycles. The summed E-state index contributed by atoms with van der Waals surface area (Å²) in [6.07, 6.45) is 0. The molecule has 7 heteroatoms. The smallest absolute Gasteiger partial charge is 0.367 e. The lowest BCUT2D eigenvalue weighted by atomic mass is 10.3. The Balaban J connectivity index is 2.63. The van der Waals surface area contributed by atoms with Crippen molar-refractivity contribution >= 4 is 28.7 Å². The molecule has 0 amide bonds. The van der Waals surface area contributed by atoms with Crippen molar-refractivity contribution in [3.05, 3.63) is 28.2 Å². The van der Waals surface area contributed by atoms with E-state index in [1.54, 1.807) is 6.92 Å². The molecule has 16 heavy (non-hydrogen) atoms. The fourth-order valence-electron chi connectivity index (χ4n) is 1.26. The third kappa shape index (κ3) is 1.57. The van der Waals surface area contributed by atoms with Gasteiger partial charge in [-0.05, 0) is 24.6 Å². The second-order valence-corrected chi connectivity index (χ2v) is 3.30. The molecule has 6 nitrogen and oxygen atoms in total. The van der Waals surface area contributed by atoms with Crippen LogP contribution >= 0.6 is 11.6 Å². The minimum Gasteiger partial charge on any atom is -0.617 e. The van der Waals surface area contributed by atoms with Gasteiger partial charge in [-0.25, -0.2) is 4.79 Å². The van der Waals surface area contributed by atoms with E-state index in [1.165, 1.54) is 12.1 Å². The van der Waals surface area contributed by atoms with E-state index in [0.717, 1.165) is 0 Å². The summed E-state index contributed by atoms with van der Waals surface area (Å²) in [7, 11) is 0. The molecule has 2 rings (SSSR count). The van der Waals surface area contributed by atoms with Gasteiger partial charge in [0, 0.05) is 6.07 Å². The van der Waals surface area contributed by atoms with Crippen molar-refractivity contribution in [1.29, 1.82) is 0 Å². The van der Waals surface area contributed by atoms with E-state index < -0.39 is 5.97 Å². The first-order valence-electron chi connectivity index (χ1n) is 4.49. The highest BCUT2D eigenvalue weighted by atomic mass is 35.5. The molecule has 0 radical (unpaired) electrons. The molecule has 0 aliphatic carbocycles. The van der Waals surface area contributed by atoms with Crippen LogP contribution in [0.5, 0.6) is 0 Å². The summed E-state index contributed by atoms with van der Waals surface area (Å²) < 4.78 is 9.93. The molecule has 0 unspecified atom stereocenters. The molecular weight excluding hydrogens is 236 g/mol. The first kappa shape index (κ1) is 10.7. The van der Waals surface area contributed by atoms with E-state index >= 15 is 0 Å². The van der Waals surface area contributed by atoms with Crippen LogP contribution in [-0.4, -0.2) is 17.7 Å². The van der Waals surface area contributed by atoms with Crippen LogP contribution in [-0.2, 0) is 4.74 Å². The highest BCUT2D eigenvalue weighted by Gasteiger charge is 2.25. The lowest BCUT2D eigenvalue weighted by Crippen LogP contribution is -2.29. The third-order valence-corrected chi connectivity index (χ3v) is 2.21. The van der Waals surface area contributed by atoms with E-state index in [2.05, 4.69) is 5.16 Å². The molecule has 0 aromatic carbocycles. The van der Waals surface area contributed by atoms with Gasteiger partial charge in [-0.2, -0.15) is 0 Å². The number of aromatic nitrogens is 2. The van der Waals surface area contributed by atoms with Gasteiger partial charge in [-0.3, -0.25) is 0 Å². The highest BCUT2D eigenvalue weighted by molar-refractivity contribution is 6.28. The summed E-state index contributed by atoms with van der Waals surface area (Å²) in [4.78, 5) is 11.4. The van der Waals surface area contributed by atoms with Crippen molar-refractivity contribution in [2.24, 2.45) is 0 Å². The zero-order valence-corrected chi connectivity index (χ0v) is 9.02. The Bertz CT molecular complexity index is 552. The Kier molecular flexibility index (Phi) is 2.66. The number of halogens is 1. The molecule has 0 aliphatic heterocycles. The average Bonchev–Trinajstić information content (AvgIpc) is 2.68. The molecule has 84 valence electrons. The topological polar surface area (TPSA) is 79.3 Å². The highest BCUT2D eigenvalue weighted by Crippen LogP contribution is 2.17. The lowest BCUT2D eigenvalue weighted by Gasteiger charge is -2.00. The largest absolute Gasteiger partial charge is 0.617 e. The lowest BCUT2D eigenvalue weighted by molar-refractivity contribution is -0.574. The quantitative estimate of drug-likeness (QED) is 0.343. The van der Waals surface area contributed by atoms with E-state index in [-0.39, 0.29) is 28.6 Å². The van der Waals surface area contributed by atoms with Gasteiger partial charge in [0.05, 0.1) is 6.61 Å². The number of esters is 1. The van der Waals surface area contributed by atoms with Gasteiger partial charge < -0.3 is 14.5 Å².